The van der Waals surface area contributed by atoms with Gasteiger partial charge in [0.2, 0.25) is 0 Å². The minimum absolute atomic E-state index is 0.131. The molecule has 0 saturated carbocycles. The van der Waals surface area contributed by atoms with Crippen molar-refractivity contribution in [3.05, 3.63) is 143 Å². The molecule has 6 aromatic rings. The molecular weight excluding hydrogens is 577 g/mol. The fraction of sp³-hybridized carbons (Fsp3) is 0.292. The van der Waals surface area contributed by atoms with Gasteiger partial charge in [0.15, 0.2) is 0 Å². The van der Waals surface area contributed by atoms with E-state index in [1.165, 1.54) is 88.7 Å². The molecule has 0 N–H and O–H groups in total. The molecule has 2 aliphatic carbocycles. The third-order valence-electron chi connectivity index (χ3n) is 11.6. The first-order chi connectivity index (χ1) is 22.6. The molecule has 0 heterocycles. The van der Waals surface area contributed by atoms with E-state index in [0.29, 0.717) is 0 Å². The zero-order valence-electron chi connectivity index (χ0n) is 30.4. The number of hydrogen-bond acceptors (Lipinski definition) is 0. The van der Waals surface area contributed by atoms with Crippen LogP contribution in [0.15, 0.2) is 109 Å². The van der Waals surface area contributed by atoms with E-state index in [4.69, 9.17) is 0 Å². The second-order valence-corrected chi connectivity index (χ2v) is 17.5. The summed E-state index contributed by atoms with van der Waals surface area (Å²) < 4.78 is 0. The highest BCUT2D eigenvalue weighted by molar-refractivity contribution is 6.13. The summed E-state index contributed by atoms with van der Waals surface area (Å²) in [6.07, 6.45) is 0. The van der Waals surface area contributed by atoms with Gasteiger partial charge in [-0.05, 0) is 112 Å². The summed E-state index contributed by atoms with van der Waals surface area (Å²) in [6.45, 7) is 23.4. The third kappa shape index (κ3) is 4.48. The summed E-state index contributed by atoms with van der Waals surface area (Å²) in [5, 5.41) is 2.87. The molecule has 0 aliphatic heterocycles. The average molecular weight is 625 g/mol. The van der Waals surface area contributed by atoms with E-state index in [2.05, 4.69) is 178 Å². The molecule has 8 rings (SSSR count). The summed E-state index contributed by atoms with van der Waals surface area (Å²) in [4.78, 5) is 0. The van der Waals surface area contributed by atoms with Gasteiger partial charge in [0.1, 0.15) is 0 Å². The smallest absolute Gasteiger partial charge is 0.0159 e. The fourth-order valence-corrected chi connectivity index (χ4v) is 8.55. The van der Waals surface area contributed by atoms with Crippen molar-refractivity contribution in [3.8, 4) is 44.5 Å². The van der Waals surface area contributed by atoms with Crippen LogP contribution >= 0.6 is 0 Å². The Morgan fingerprint density at radius 3 is 0.979 bits per heavy atom. The van der Waals surface area contributed by atoms with Crippen LogP contribution in [0.25, 0.3) is 55.3 Å². The highest BCUT2D eigenvalue weighted by Gasteiger charge is 2.39. The summed E-state index contributed by atoms with van der Waals surface area (Å²) >= 11 is 0. The van der Waals surface area contributed by atoms with Crippen molar-refractivity contribution in [3.63, 3.8) is 0 Å². The van der Waals surface area contributed by atoms with Gasteiger partial charge in [-0.1, -0.05) is 166 Å². The molecule has 48 heavy (non-hydrogen) atoms. The highest BCUT2D eigenvalue weighted by atomic mass is 14.4. The van der Waals surface area contributed by atoms with Crippen molar-refractivity contribution < 1.29 is 0 Å². The van der Waals surface area contributed by atoms with E-state index < -0.39 is 0 Å². The van der Waals surface area contributed by atoms with Crippen LogP contribution < -0.4 is 0 Å². The predicted octanol–water partition coefficient (Wildman–Crippen LogP) is 13.4. The van der Waals surface area contributed by atoms with Gasteiger partial charge in [-0.2, -0.15) is 0 Å². The van der Waals surface area contributed by atoms with Crippen LogP contribution in [0.5, 0.6) is 0 Å². The molecule has 0 bridgehead atoms. The van der Waals surface area contributed by atoms with E-state index in [9.17, 15) is 0 Å². The fourth-order valence-electron chi connectivity index (χ4n) is 8.55. The Balaban J connectivity index is 1.27. The summed E-state index contributed by atoms with van der Waals surface area (Å²) in [5.41, 5.74) is 19.0. The summed E-state index contributed by atoms with van der Waals surface area (Å²) in [7, 11) is 0. The zero-order chi connectivity index (χ0) is 34.0. The molecule has 6 aromatic carbocycles. The van der Waals surface area contributed by atoms with E-state index in [-0.39, 0.29) is 21.7 Å². The van der Waals surface area contributed by atoms with Gasteiger partial charge in [-0.15, -0.1) is 0 Å². The first-order valence-corrected chi connectivity index (χ1v) is 17.7. The molecule has 0 aromatic heterocycles. The van der Waals surface area contributed by atoms with Gasteiger partial charge in [-0.25, -0.2) is 0 Å². The van der Waals surface area contributed by atoms with E-state index in [0.717, 1.165) is 0 Å². The molecule has 240 valence electrons. The van der Waals surface area contributed by atoms with Crippen LogP contribution in [-0.2, 0) is 21.7 Å². The summed E-state index contributed by atoms with van der Waals surface area (Å²) in [5.74, 6) is 0. The monoisotopic (exact) mass is 624 g/mol. The number of rotatable bonds is 2. The van der Waals surface area contributed by atoms with Crippen molar-refractivity contribution in [1.29, 1.82) is 0 Å². The summed E-state index contributed by atoms with van der Waals surface area (Å²) in [6, 6.07) is 42.4. The number of hydrogen-bond donors (Lipinski definition) is 0. The molecule has 0 atom stereocenters. The maximum Gasteiger partial charge on any atom is 0.0159 e. The number of fused-ring (bicyclic) bond motifs is 4. The van der Waals surface area contributed by atoms with Gasteiger partial charge >= 0.3 is 0 Å². The molecule has 0 radical (unpaired) electrons. The minimum atomic E-state index is -0.131. The van der Waals surface area contributed by atoms with Crippen molar-refractivity contribution in [2.24, 2.45) is 0 Å². The van der Waals surface area contributed by atoms with Gasteiger partial charge in [-0.3, -0.25) is 0 Å². The van der Waals surface area contributed by atoms with Gasteiger partial charge in [0.25, 0.3) is 0 Å². The lowest BCUT2D eigenvalue weighted by molar-refractivity contribution is 0.590. The molecule has 0 amide bonds. The average Bonchev–Trinajstić information content (AvgIpc) is 3.05. The van der Waals surface area contributed by atoms with Gasteiger partial charge < -0.3 is 0 Å². The Morgan fingerprint density at radius 1 is 0.333 bits per heavy atom. The molecule has 0 spiro atoms. The van der Waals surface area contributed by atoms with Crippen LogP contribution in [0.2, 0.25) is 0 Å². The largest absolute Gasteiger partial charge is 0.0579 e. The Morgan fingerprint density at radius 2 is 0.646 bits per heavy atom. The quantitative estimate of drug-likeness (QED) is 0.180. The van der Waals surface area contributed by atoms with Gasteiger partial charge in [0, 0.05) is 10.8 Å². The Kier molecular flexibility index (Phi) is 6.47. The molecule has 0 nitrogen and oxygen atoms in total. The first kappa shape index (κ1) is 30.9. The Bertz CT molecular complexity index is 2090. The van der Waals surface area contributed by atoms with Gasteiger partial charge in [0.05, 0.1) is 0 Å². The van der Waals surface area contributed by atoms with Crippen molar-refractivity contribution in [2.75, 3.05) is 0 Å². The topological polar surface area (TPSA) is 0 Å². The molecule has 0 heteroatoms. The first-order valence-electron chi connectivity index (χ1n) is 17.7. The van der Waals surface area contributed by atoms with E-state index >= 15 is 0 Å². The zero-order valence-corrected chi connectivity index (χ0v) is 30.4. The Hall–Kier alpha value is -4.42. The van der Waals surface area contributed by atoms with E-state index in [1.54, 1.807) is 0 Å². The maximum absolute atomic E-state index is 2.46. The van der Waals surface area contributed by atoms with Crippen molar-refractivity contribution in [1.82, 2.24) is 0 Å². The van der Waals surface area contributed by atoms with Crippen LogP contribution in [0.4, 0.5) is 0 Å². The lowest BCUT2D eigenvalue weighted by Crippen LogP contribution is -2.28. The number of benzene rings is 6. The standard InChI is InChI=1S/C48H48/c1-45(2,3)33-17-11-29(12-18-33)31-15-21-35-37-23-24-38-36-22-16-32(30-13-19-34(20-14-30)46(4,5)6)28-42(36)48(9,10)40-26-25-39(43(37)44(38)40)47(7,8)41(35)27-31/h11-28H,1-10H3. The predicted molar refractivity (Wildman–Crippen MR) is 207 cm³/mol. The minimum Gasteiger partial charge on any atom is -0.0579 e. The van der Waals surface area contributed by atoms with Crippen LogP contribution in [0.1, 0.15) is 103 Å². The third-order valence-corrected chi connectivity index (χ3v) is 11.6. The maximum atomic E-state index is 2.46. The van der Waals surface area contributed by atoms with Crippen LogP contribution in [-0.4, -0.2) is 0 Å². The molecule has 0 saturated heterocycles. The molecular formula is C48H48. The lowest BCUT2D eigenvalue weighted by Gasteiger charge is -2.40. The van der Waals surface area contributed by atoms with Crippen LogP contribution in [0.3, 0.4) is 0 Å². The second kappa shape index (κ2) is 10.1. The SMILES string of the molecule is CC(C)(C)c1ccc(-c2ccc3c(c2)C(C)(C)c2ccc4c5c(ccc-3c25)-c2ccc(-c3ccc(C(C)(C)C)cc3)cc2C4(C)C)cc1. The van der Waals surface area contributed by atoms with Crippen molar-refractivity contribution >= 4 is 10.8 Å². The molecule has 0 unspecified atom stereocenters. The highest BCUT2D eigenvalue weighted by Crippen LogP contribution is 2.56. The lowest BCUT2D eigenvalue weighted by atomic mass is 9.62. The molecule has 0 fully saturated rings. The van der Waals surface area contributed by atoms with Crippen LogP contribution in [0, 0.1) is 0 Å². The normalized spacial score (nSPS) is 15.6. The van der Waals surface area contributed by atoms with Crippen molar-refractivity contribution in [2.45, 2.75) is 90.9 Å². The molecule has 2 aliphatic rings. The Labute approximate surface area is 287 Å². The second-order valence-electron chi connectivity index (χ2n) is 17.5. The van der Waals surface area contributed by atoms with E-state index in [1.807, 2.05) is 0 Å².